The van der Waals surface area contributed by atoms with Crippen molar-refractivity contribution in [3.8, 4) is 11.1 Å². The van der Waals surface area contributed by atoms with Gasteiger partial charge in [-0.15, -0.1) is 0 Å². The fraction of sp³-hybridized carbons (Fsp3) is 0.435. The van der Waals surface area contributed by atoms with Crippen molar-refractivity contribution in [3.05, 3.63) is 59.7 Å². The zero-order valence-corrected chi connectivity index (χ0v) is 15.1. The van der Waals surface area contributed by atoms with Crippen LogP contribution in [0.1, 0.15) is 73.7 Å². The van der Waals surface area contributed by atoms with Gasteiger partial charge in [-0.2, -0.15) is 0 Å². The summed E-state index contributed by atoms with van der Waals surface area (Å²) in [5.74, 6) is 0.754. The molecule has 0 aromatic heterocycles. The molecule has 0 heterocycles. The summed E-state index contributed by atoms with van der Waals surface area (Å²) in [6, 6.07) is 16.0. The lowest BCUT2D eigenvalue weighted by Crippen LogP contribution is -1.99. The third-order valence-corrected chi connectivity index (χ3v) is 5.63. The molecule has 25 heavy (non-hydrogen) atoms. The first-order valence-electron chi connectivity index (χ1n) is 9.61. The van der Waals surface area contributed by atoms with Crippen LogP contribution in [0.5, 0.6) is 0 Å². The average Bonchev–Trinajstić information content (AvgIpc) is 2.88. The van der Waals surface area contributed by atoms with Gasteiger partial charge in [-0.25, -0.2) is 4.79 Å². The lowest BCUT2D eigenvalue weighted by molar-refractivity contribution is 0.0697. The van der Waals surface area contributed by atoms with E-state index < -0.39 is 5.97 Å². The zero-order chi connectivity index (χ0) is 17.6. The highest BCUT2D eigenvalue weighted by Gasteiger charge is 2.19. The molecule has 0 spiro atoms. The number of benzene rings is 2. The normalized spacial score (nSPS) is 20.8. The highest BCUT2D eigenvalue weighted by atomic mass is 16.4. The van der Waals surface area contributed by atoms with Gasteiger partial charge in [0.05, 0.1) is 5.56 Å². The number of hydrogen-bond donors (Lipinski definition) is 1. The van der Waals surface area contributed by atoms with Crippen molar-refractivity contribution in [2.45, 2.75) is 57.8 Å². The zero-order valence-electron chi connectivity index (χ0n) is 15.1. The van der Waals surface area contributed by atoms with Crippen molar-refractivity contribution in [3.63, 3.8) is 0 Å². The molecule has 2 unspecified atom stereocenters. The van der Waals surface area contributed by atoms with E-state index in [0.717, 1.165) is 17.0 Å². The van der Waals surface area contributed by atoms with Crippen molar-refractivity contribution in [2.24, 2.45) is 5.92 Å². The fourth-order valence-electron chi connectivity index (χ4n) is 4.16. The van der Waals surface area contributed by atoms with Gasteiger partial charge in [0.25, 0.3) is 0 Å². The maximum atomic E-state index is 11.0. The molecule has 2 aromatic carbocycles. The standard InChI is InChI=1S/C23H28O2/c1-2-4-17-5-3-6-18(8-7-17)19-9-11-20(12-10-19)21-13-15-22(16-14-21)23(24)25/h9-18H,2-8H2,1H3,(H,24,25). The van der Waals surface area contributed by atoms with E-state index in [2.05, 4.69) is 31.2 Å². The van der Waals surface area contributed by atoms with Crippen LogP contribution < -0.4 is 0 Å². The SMILES string of the molecule is CCCC1CCCC(c2ccc(-c3ccc(C(=O)O)cc3)cc2)CC1. The van der Waals surface area contributed by atoms with Gasteiger partial charge in [-0.3, -0.25) is 0 Å². The van der Waals surface area contributed by atoms with Gasteiger partial charge < -0.3 is 5.11 Å². The van der Waals surface area contributed by atoms with Crippen LogP contribution in [0.15, 0.2) is 48.5 Å². The Morgan fingerprint density at radius 3 is 2.16 bits per heavy atom. The first kappa shape index (κ1) is 17.7. The van der Waals surface area contributed by atoms with E-state index in [1.54, 1.807) is 12.1 Å². The van der Waals surface area contributed by atoms with E-state index in [-0.39, 0.29) is 0 Å². The quantitative estimate of drug-likeness (QED) is 0.631. The molecule has 1 N–H and O–H groups in total. The Labute approximate surface area is 150 Å². The molecular weight excluding hydrogens is 308 g/mol. The van der Waals surface area contributed by atoms with E-state index in [0.29, 0.717) is 11.5 Å². The number of carboxylic acid groups (broad SMARTS) is 1. The van der Waals surface area contributed by atoms with E-state index in [1.165, 1.54) is 50.5 Å². The van der Waals surface area contributed by atoms with Gasteiger partial charge in [-0.05, 0) is 59.9 Å². The molecule has 1 fully saturated rings. The molecule has 2 aromatic rings. The Morgan fingerprint density at radius 2 is 1.56 bits per heavy atom. The van der Waals surface area contributed by atoms with Crippen molar-refractivity contribution in [2.75, 3.05) is 0 Å². The molecular formula is C23H28O2. The Morgan fingerprint density at radius 1 is 0.920 bits per heavy atom. The average molecular weight is 336 g/mol. The van der Waals surface area contributed by atoms with E-state index in [4.69, 9.17) is 5.11 Å². The second-order valence-corrected chi connectivity index (χ2v) is 7.36. The Balaban J connectivity index is 1.68. The lowest BCUT2D eigenvalue weighted by atomic mass is 9.89. The maximum Gasteiger partial charge on any atom is 0.335 e. The molecule has 0 amide bonds. The first-order chi connectivity index (χ1) is 12.2. The molecule has 1 aliphatic carbocycles. The van der Waals surface area contributed by atoms with E-state index >= 15 is 0 Å². The molecule has 132 valence electrons. The molecule has 0 aliphatic heterocycles. The minimum Gasteiger partial charge on any atom is -0.478 e. The van der Waals surface area contributed by atoms with Crippen molar-refractivity contribution in [1.29, 1.82) is 0 Å². The first-order valence-corrected chi connectivity index (χ1v) is 9.61. The number of carboxylic acids is 1. The predicted octanol–water partition coefficient (Wildman–Crippen LogP) is 6.52. The topological polar surface area (TPSA) is 37.3 Å². The molecule has 1 saturated carbocycles. The van der Waals surface area contributed by atoms with Crippen LogP contribution in [0.3, 0.4) is 0 Å². The van der Waals surface area contributed by atoms with Crippen LogP contribution in [-0.4, -0.2) is 11.1 Å². The smallest absolute Gasteiger partial charge is 0.335 e. The Kier molecular flexibility index (Phi) is 5.91. The maximum absolute atomic E-state index is 11.0. The van der Waals surface area contributed by atoms with Crippen LogP contribution in [0, 0.1) is 5.92 Å². The monoisotopic (exact) mass is 336 g/mol. The van der Waals surface area contributed by atoms with Gasteiger partial charge in [-0.1, -0.05) is 69.0 Å². The van der Waals surface area contributed by atoms with Gasteiger partial charge in [0.15, 0.2) is 0 Å². The third kappa shape index (κ3) is 4.50. The van der Waals surface area contributed by atoms with Crippen LogP contribution in [0.2, 0.25) is 0 Å². The molecule has 2 atom stereocenters. The Bertz CT molecular complexity index is 685. The molecule has 2 heteroatoms. The van der Waals surface area contributed by atoms with Crippen LogP contribution in [0.4, 0.5) is 0 Å². The summed E-state index contributed by atoms with van der Waals surface area (Å²) < 4.78 is 0. The van der Waals surface area contributed by atoms with E-state index in [1.807, 2.05) is 12.1 Å². The van der Waals surface area contributed by atoms with Crippen LogP contribution >= 0.6 is 0 Å². The van der Waals surface area contributed by atoms with Crippen molar-refractivity contribution in [1.82, 2.24) is 0 Å². The van der Waals surface area contributed by atoms with Crippen LogP contribution in [0.25, 0.3) is 11.1 Å². The second kappa shape index (κ2) is 8.33. The van der Waals surface area contributed by atoms with Crippen molar-refractivity contribution >= 4 is 5.97 Å². The summed E-state index contributed by atoms with van der Waals surface area (Å²) in [5.41, 5.74) is 4.02. The fourth-order valence-corrected chi connectivity index (χ4v) is 4.16. The molecule has 0 bridgehead atoms. The molecule has 3 rings (SSSR count). The Hall–Kier alpha value is -2.09. The highest BCUT2D eigenvalue weighted by molar-refractivity contribution is 5.88. The molecule has 0 radical (unpaired) electrons. The number of carbonyl (C=O) groups is 1. The van der Waals surface area contributed by atoms with Gasteiger partial charge in [0.2, 0.25) is 0 Å². The summed E-state index contributed by atoms with van der Waals surface area (Å²) in [4.78, 5) is 11.0. The summed E-state index contributed by atoms with van der Waals surface area (Å²) in [6.45, 7) is 2.30. The molecule has 2 nitrogen and oxygen atoms in total. The number of aromatic carboxylic acids is 1. The molecule has 0 saturated heterocycles. The van der Waals surface area contributed by atoms with Gasteiger partial charge in [0.1, 0.15) is 0 Å². The minimum absolute atomic E-state index is 0.334. The highest BCUT2D eigenvalue weighted by Crippen LogP contribution is 2.36. The van der Waals surface area contributed by atoms with E-state index in [9.17, 15) is 4.79 Å². The summed E-state index contributed by atoms with van der Waals surface area (Å²) in [7, 11) is 0. The number of rotatable bonds is 5. The third-order valence-electron chi connectivity index (χ3n) is 5.63. The summed E-state index contributed by atoms with van der Waals surface area (Å²) >= 11 is 0. The lowest BCUT2D eigenvalue weighted by Gasteiger charge is -2.16. The van der Waals surface area contributed by atoms with Gasteiger partial charge >= 0.3 is 5.97 Å². The van der Waals surface area contributed by atoms with Crippen LogP contribution in [-0.2, 0) is 0 Å². The largest absolute Gasteiger partial charge is 0.478 e. The number of hydrogen-bond acceptors (Lipinski definition) is 1. The predicted molar refractivity (Wildman–Crippen MR) is 103 cm³/mol. The molecule has 1 aliphatic rings. The second-order valence-electron chi connectivity index (χ2n) is 7.36. The van der Waals surface area contributed by atoms with Gasteiger partial charge in [0, 0.05) is 0 Å². The van der Waals surface area contributed by atoms with Crippen molar-refractivity contribution < 1.29 is 9.90 Å². The summed E-state index contributed by atoms with van der Waals surface area (Å²) in [6.07, 6.45) is 9.45. The minimum atomic E-state index is -0.878. The summed E-state index contributed by atoms with van der Waals surface area (Å²) in [5, 5.41) is 9.00.